The van der Waals surface area contributed by atoms with Crippen molar-refractivity contribution < 1.29 is 9.53 Å². The number of carbonyl (C=O) groups is 1. The number of rotatable bonds is 4. The van der Waals surface area contributed by atoms with Crippen molar-refractivity contribution in [2.45, 2.75) is 54.9 Å². The lowest BCUT2D eigenvalue weighted by atomic mass is 9.65. The molecule has 0 aliphatic heterocycles. The highest BCUT2D eigenvalue weighted by Crippen LogP contribution is 2.42. The molecule has 2 heteroatoms. The molecule has 0 aliphatic rings. The Morgan fingerprint density at radius 3 is 1.81 bits per heavy atom. The van der Waals surface area contributed by atoms with Crippen molar-refractivity contribution in [2.75, 3.05) is 7.11 Å². The molecule has 0 saturated heterocycles. The van der Waals surface area contributed by atoms with Crippen molar-refractivity contribution in [2.24, 2.45) is 22.7 Å². The molecule has 96 valence electrons. The second-order valence-corrected chi connectivity index (χ2v) is 6.97. The fraction of sp³-hybridized carbons (Fsp3) is 0.929. The Labute approximate surface area is 101 Å². The van der Waals surface area contributed by atoms with Crippen LogP contribution in [0.4, 0.5) is 0 Å². The summed E-state index contributed by atoms with van der Waals surface area (Å²) in [4.78, 5) is 11.9. The second kappa shape index (κ2) is 5.20. The number of methoxy groups -OCH3 is 1. The third kappa shape index (κ3) is 4.54. The zero-order chi connectivity index (χ0) is 13.1. The molecule has 0 aromatic carbocycles. The number of esters is 1. The summed E-state index contributed by atoms with van der Waals surface area (Å²) < 4.78 is 4.94. The molecule has 2 nitrogen and oxygen atoms in total. The van der Waals surface area contributed by atoms with Gasteiger partial charge >= 0.3 is 5.97 Å². The average Bonchev–Trinajstić information content (AvgIpc) is 1.97. The van der Waals surface area contributed by atoms with E-state index in [2.05, 4.69) is 48.5 Å². The van der Waals surface area contributed by atoms with Gasteiger partial charge in [0.15, 0.2) is 0 Å². The molecule has 0 spiro atoms. The van der Waals surface area contributed by atoms with Gasteiger partial charge in [0.2, 0.25) is 0 Å². The fourth-order valence-electron chi connectivity index (χ4n) is 3.10. The Kier molecular flexibility index (Phi) is 5.03. The summed E-state index contributed by atoms with van der Waals surface area (Å²) in [6.45, 7) is 15.1. The summed E-state index contributed by atoms with van der Waals surface area (Å²) in [5.41, 5.74) is 0.199. The van der Waals surface area contributed by atoms with Crippen LogP contribution >= 0.6 is 0 Å². The summed E-state index contributed by atoms with van der Waals surface area (Å²) in [6.07, 6.45) is 1.01. The first-order valence-electron chi connectivity index (χ1n) is 6.09. The third-order valence-electron chi connectivity index (χ3n) is 2.95. The van der Waals surface area contributed by atoms with E-state index in [-0.39, 0.29) is 22.7 Å². The molecule has 1 atom stereocenters. The molecule has 0 bridgehead atoms. The predicted octanol–water partition coefficient (Wildman–Crippen LogP) is 3.89. The van der Waals surface area contributed by atoms with Gasteiger partial charge in [0.1, 0.15) is 0 Å². The summed E-state index contributed by atoms with van der Waals surface area (Å²) in [7, 11) is 1.48. The van der Waals surface area contributed by atoms with Crippen LogP contribution in [0.15, 0.2) is 0 Å². The van der Waals surface area contributed by atoms with Crippen molar-refractivity contribution in [3.05, 3.63) is 0 Å². The molecular weight excluding hydrogens is 200 g/mol. The lowest BCUT2D eigenvalue weighted by Gasteiger charge is -2.39. The SMILES string of the molecule is COC(=O)C(C(C)C)C(C)(C)CC(C)(C)C. The van der Waals surface area contributed by atoms with E-state index in [1.807, 2.05) is 0 Å². The van der Waals surface area contributed by atoms with E-state index in [1.165, 1.54) is 7.11 Å². The zero-order valence-corrected chi connectivity index (χ0v) is 12.2. The molecule has 1 unspecified atom stereocenters. The minimum Gasteiger partial charge on any atom is -0.469 e. The standard InChI is InChI=1S/C14H28O2/c1-10(2)11(12(15)16-8)14(6,7)9-13(3,4)5/h10-11H,9H2,1-8H3. The summed E-state index contributed by atoms with van der Waals surface area (Å²) in [5, 5.41) is 0. The molecule has 16 heavy (non-hydrogen) atoms. The van der Waals surface area contributed by atoms with Gasteiger partial charge in [-0.05, 0) is 23.2 Å². The van der Waals surface area contributed by atoms with E-state index in [0.717, 1.165) is 6.42 Å². The Balaban J connectivity index is 4.97. The molecule has 0 fully saturated rings. The normalized spacial score (nSPS) is 15.1. The molecule has 0 N–H and O–H groups in total. The fourth-order valence-corrected chi connectivity index (χ4v) is 3.10. The van der Waals surface area contributed by atoms with Gasteiger partial charge in [0, 0.05) is 0 Å². The Morgan fingerprint density at radius 2 is 1.56 bits per heavy atom. The highest BCUT2D eigenvalue weighted by atomic mass is 16.5. The van der Waals surface area contributed by atoms with Crippen molar-refractivity contribution in [1.82, 2.24) is 0 Å². The zero-order valence-electron chi connectivity index (χ0n) is 12.2. The lowest BCUT2D eigenvalue weighted by molar-refractivity contribution is -0.152. The monoisotopic (exact) mass is 228 g/mol. The van der Waals surface area contributed by atoms with Crippen LogP contribution < -0.4 is 0 Å². The lowest BCUT2D eigenvalue weighted by Crippen LogP contribution is -2.38. The molecule has 0 aromatic rings. The first-order valence-corrected chi connectivity index (χ1v) is 6.09. The smallest absolute Gasteiger partial charge is 0.309 e. The van der Waals surface area contributed by atoms with Crippen molar-refractivity contribution in [1.29, 1.82) is 0 Å². The van der Waals surface area contributed by atoms with Gasteiger partial charge in [0.05, 0.1) is 13.0 Å². The van der Waals surface area contributed by atoms with Crippen LogP contribution in [0.5, 0.6) is 0 Å². The van der Waals surface area contributed by atoms with Gasteiger partial charge in [-0.25, -0.2) is 0 Å². The van der Waals surface area contributed by atoms with E-state index in [4.69, 9.17) is 4.74 Å². The predicted molar refractivity (Wildman–Crippen MR) is 68.2 cm³/mol. The van der Waals surface area contributed by atoms with Crippen LogP contribution in [0.25, 0.3) is 0 Å². The van der Waals surface area contributed by atoms with Gasteiger partial charge in [-0.15, -0.1) is 0 Å². The Hall–Kier alpha value is -0.530. The first kappa shape index (κ1) is 15.5. The van der Waals surface area contributed by atoms with Crippen LogP contribution in [-0.2, 0) is 9.53 Å². The quantitative estimate of drug-likeness (QED) is 0.682. The van der Waals surface area contributed by atoms with E-state index in [0.29, 0.717) is 5.92 Å². The molecule has 0 aromatic heterocycles. The van der Waals surface area contributed by atoms with Crippen molar-refractivity contribution in [3.63, 3.8) is 0 Å². The van der Waals surface area contributed by atoms with E-state index in [9.17, 15) is 4.79 Å². The van der Waals surface area contributed by atoms with Gasteiger partial charge in [-0.1, -0.05) is 48.5 Å². The highest BCUT2D eigenvalue weighted by Gasteiger charge is 2.40. The molecule has 0 rings (SSSR count). The molecule has 0 aliphatic carbocycles. The molecular formula is C14H28O2. The van der Waals surface area contributed by atoms with E-state index in [1.54, 1.807) is 0 Å². The van der Waals surface area contributed by atoms with Gasteiger partial charge in [-0.3, -0.25) is 4.79 Å². The topological polar surface area (TPSA) is 26.3 Å². The Morgan fingerprint density at radius 1 is 1.12 bits per heavy atom. The van der Waals surface area contributed by atoms with Crippen LogP contribution in [0.1, 0.15) is 54.9 Å². The molecule has 0 saturated carbocycles. The van der Waals surface area contributed by atoms with Crippen molar-refractivity contribution >= 4 is 5.97 Å². The maximum atomic E-state index is 11.9. The van der Waals surface area contributed by atoms with E-state index < -0.39 is 0 Å². The molecule has 0 amide bonds. The average molecular weight is 228 g/mol. The van der Waals surface area contributed by atoms with Crippen molar-refractivity contribution in [3.8, 4) is 0 Å². The maximum Gasteiger partial charge on any atom is 0.309 e. The summed E-state index contributed by atoms with van der Waals surface area (Å²) in [6, 6.07) is 0. The Bertz CT molecular complexity index is 234. The van der Waals surface area contributed by atoms with E-state index >= 15 is 0 Å². The van der Waals surface area contributed by atoms with Crippen LogP contribution in [0.3, 0.4) is 0 Å². The van der Waals surface area contributed by atoms with Crippen LogP contribution in [0.2, 0.25) is 0 Å². The molecule has 0 radical (unpaired) electrons. The third-order valence-corrected chi connectivity index (χ3v) is 2.95. The number of hydrogen-bond acceptors (Lipinski definition) is 2. The summed E-state index contributed by atoms with van der Waals surface area (Å²) >= 11 is 0. The largest absolute Gasteiger partial charge is 0.469 e. The van der Waals surface area contributed by atoms with Gasteiger partial charge < -0.3 is 4.74 Å². The maximum absolute atomic E-state index is 11.9. The first-order chi connectivity index (χ1) is 7.01. The minimum atomic E-state index is -0.0794. The molecule has 0 heterocycles. The highest BCUT2D eigenvalue weighted by molar-refractivity contribution is 5.73. The van der Waals surface area contributed by atoms with Crippen LogP contribution in [-0.4, -0.2) is 13.1 Å². The second-order valence-electron chi connectivity index (χ2n) is 6.97. The summed E-state index contributed by atoms with van der Waals surface area (Å²) in [5.74, 6) is 0.200. The van der Waals surface area contributed by atoms with Gasteiger partial charge in [0.25, 0.3) is 0 Å². The van der Waals surface area contributed by atoms with Crippen LogP contribution in [0, 0.1) is 22.7 Å². The number of hydrogen-bond donors (Lipinski definition) is 0. The minimum absolute atomic E-state index is 0.0283. The van der Waals surface area contributed by atoms with Gasteiger partial charge in [-0.2, -0.15) is 0 Å². The number of carbonyl (C=O) groups excluding carboxylic acids is 1. The number of ether oxygens (including phenoxy) is 1.